The van der Waals surface area contributed by atoms with Gasteiger partial charge >= 0.3 is 0 Å². The SMILES string of the molecule is CN(c1ccccc1)c1ccc(CN2CCC[C@@H]3CN(C(=O)C4CC4)CC[C@@H]32)cc1. The maximum Gasteiger partial charge on any atom is 0.225 e. The van der Waals surface area contributed by atoms with Crippen LogP contribution in [0.15, 0.2) is 54.6 Å². The Hall–Kier alpha value is -2.33. The Balaban J connectivity index is 1.22. The predicted molar refractivity (Wildman–Crippen MR) is 122 cm³/mol. The molecule has 4 nitrogen and oxygen atoms in total. The van der Waals surface area contributed by atoms with Gasteiger partial charge in [0.2, 0.25) is 5.91 Å². The first-order chi connectivity index (χ1) is 14.7. The van der Waals surface area contributed by atoms with Crippen LogP contribution in [-0.2, 0) is 11.3 Å². The number of piperidine rings is 2. The van der Waals surface area contributed by atoms with Crippen molar-refractivity contribution in [2.24, 2.45) is 11.8 Å². The van der Waals surface area contributed by atoms with Gasteiger partial charge in [-0.1, -0.05) is 30.3 Å². The van der Waals surface area contributed by atoms with Crippen LogP contribution >= 0.6 is 0 Å². The van der Waals surface area contributed by atoms with E-state index < -0.39 is 0 Å². The molecule has 3 fully saturated rings. The monoisotopic (exact) mass is 403 g/mol. The van der Waals surface area contributed by atoms with Crippen LogP contribution in [0.1, 0.15) is 37.7 Å². The third-order valence-corrected chi connectivity index (χ3v) is 7.27. The molecular formula is C26H33N3O. The molecule has 30 heavy (non-hydrogen) atoms. The summed E-state index contributed by atoms with van der Waals surface area (Å²) in [6.45, 7) is 4.14. The Kier molecular flexibility index (Phi) is 5.51. The molecule has 4 heteroatoms. The number of fused-ring (bicyclic) bond motifs is 1. The first-order valence-corrected chi connectivity index (χ1v) is 11.6. The van der Waals surface area contributed by atoms with Gasteiger partial charge in [-0.05, 0) is 74.4 Å². The van der Waals surface area contributed by atoms with Crippen LogP contribution in [0.2, 0.25) is 0 Å². The molecule has 2 aromatic carbocycles. The van der Waals surface area contributed by atoms with Crippen LogP contribution in [0.4, 0.5) is 11.4 Å². The van der Waals surface area contributed by atoms with E-state index in [0.717, 1.165) is 38.9 Å². The number of nitrogens with zero attached hydrogens (tertiary/aromatic N) is 3. The number of hydrogen-bond donors (Lipinski definition) is 0. The van der Waals surface area contributed by atoms with E-state index in [1.165, 1.54) is 36.3 Å². The summed E-state index contributed by atoms with van der Waals surface area (Å²) in [4.78, 5) is 19.6. The maximum atomic E-state index is 12.5. The van der Waals surface area contributed by atoms with E-state index in [4.69, 9.17) is 0 Å². The molecule has 0 unspecified atom stereocenters. The van der Waals surface area contributed by atoms with Crippen LogP contribution in [0.5, 0.6) is 0 Å². The minimum atomic E-state index is 0.355. The van der Waals surface area contributed by atoms with Crippen LogP contribution in [0, 0.1) is 11.8 Å². The second-order valence-electron chi connectivity index (χ2n) is 9.35. The van der Waals surface area contributed by atoms with Crippen molar-refractivity contribution in [1.82, 2.24) is 9.80 Å². The van der Waals surface area contributed by atoms with Crippen molar-refractivity contribution in [1.29, 1.82) is 0 Å². The van der Waals surface area contributed by atoms with E-state index in [9.17, 15) is 4.79 Å². The summed E-state index contributed by atoms with van der Waals surface area (Å²) in [5.74, 6) is 1.44. The van der Waals surface area contributed by atoms with Gasteiger partial charge < -0.3 is 9.80 Å². The van der Waals surface area contributed by atoms with Crippen LogP contribution in [-0.4, -0.2) is 48.4 Å². The summed E-state index contributed by atoms with van der Waals surface area (Å²) in [5, 5.41) is 0. The van der Waals surface area contributed by atoms with E-state index in [-0.39, 0.29) is 0 Å². The fourth-order valence-corrected chi connectivity index (χ4v) is 5.35. The molecule has 0 bridgehead atoms. The van der Waals surface area contributed by atoms with Crippen LogP contribution in [0.3, 0.4) is 0 Å². The van der Waals surface area contributed by atoms with E-state index >= 15 is 0 Å². The molecule has 2 aliphatic heterocycles. The summed E-state index contributed by atoms with van der Waals surface area (Å²) in [7, 11) is 2.12. The lowest BCUT2D eigenvalue weighted by Gasteiger charge is -2.47. The fraction of sp³-hybridized carbons (Fsp3) is 0.500. The number of benzene rings is 2. The Morgan fingerprint density at radius 2 is 1.67 bits per heavy atom. The highest BCUT2D eigenvalue weighted by Gasteiger charge is 2.40. The van der Waals surface area contributed by atoms with Crippen molar-refractivity contribution >= 4 is 17.3 Å². The molecule has 2 saturated heterocycles. The first-order valence-electron chi connectivity index (χ1n) is 11.6. The number of likely N-dealkylation sites (tertiary alicyclic amines) is 2. The molecule has 1 amide bonds. The van der Waals surface area contributed by atoms with E-state index in [2.05, 4.69) is 76.3 Å². The summed E-state index contributed by atoms with van der Waals surface area (Å²) >= 11 is 0. The van der Waals surface area contributed by atoms with Crippen molar-refractivity contribution in [3.05, 3.63) is 60.2 Å². The minimum absolute atomic E-state index is 0.355. The van der Waals surface area contributed by atoms with Gasteiger partial charge in [0.05, 0.1) is 0 Å². The average molecular weight is 404 g/mol. The standard InChI is InChI=1S/C26H33N3O/c1-27(23-7-3-2-4-8-23)24-13-9-20(10-14-24)18-28-16-5-6-22-19-29(17-15-25(22)28)26(30)21-11-12-21/h2-4,7-10,13-14,21-22,25H,5-6,11-12,15-19H2,1H3/t22-,25+/m1/s1. The van der Waals surface area contributed by atoms with Crippen molar-refractivity contribution in [3.8, 4) is 0 Å². The zero-order chi connectivity index (χ0) is 20.5. The number of carbonyl (C=O) groups is 1. The van der Waals surface area contributed by atoms with Gasteiger partial charge in [-0.2, -0.15) is 0 Å². The van der Waals surface area contributed by atoms with Gasteiger partial charge in [-0.3, -0.25) is 9.69 Å². The number of para-hydroxylation sites is 1. The van der Waals surface area contributed by atoms with E-state index in [1.54, 1.807) is 0 Å². The van der Waals surface area contributed by atoms with Crippen molar-refractivity contribution < 1.29 is 4.79 Å². The molecule has 2 aromatic rings. The minimum Gasteiger partial charge on any atom is -0.345 e. The average Bonchev–Trinajstić information content (AvgIpc) is 3.65. The van der Waals surface area contributed by atoms with Crippen molar-refractivity contribution in [2.45, 2.75) is 44.7 Å². The predicted octanol–water partition coefficient (Wildman–Crippen LogP) is 4.68. The fourth-order valence-electron chi connectivity index (χ4n) is 5.35. The molecule has 0 N–H and O–H groups in total. The smallest absolute Gasteiger partial charge is 0.225 e. The number of rotatable bonds is 5. The molecule has 2 atom stereocenters. The third kappa shape index (κ3) is 4.11. The van der Waals surface area contributed by atoms with E-state index in [1.807, 2.05) is 0 Å². The Morgan fingerprint density at radius 1 is 0.933 bits per heavy atom. The van der Waals surface area contributed by atoms with Gasteiger partial charge in [0, 0.05) is 50.0 Å². The summed E-state index contributed by atoms with van der Waals surface area (Å²) in [6.07, 6.45) is 5.89. The van der Waals surface area contributed by atoms with Gasteiger partial charge in [-0.25, -0.2) is 0 Å². The summed E-state index contributed by atoms with van der Waals surface area (Å²) in [5.41, 5.74) is 3.81. The molecule has 0 radical (unpaired) electrons. The lowest BCUT2D eigenvalue weighted by molar-refractivity contribution is -0.136. The summed E-state index contributed by atoms with van der Waals surface area (Å²) < 4.78 is 0. The van der Waals surface area contributed by atoms with Gasteiger partial charge in [0.25, 0.3) is 0 Å². The van der Waals surface area contributed by atoms with Crippen LogP contribution < -0.4 is 4.90 Å². The molecular weight excluding hydrogens is 370 g/mol. The Labute approximate surface area is 180 Å². The normalized spacial score (nSPS) is 24.4. The zero-order valence-corrected chi connectivity index (χ0v) is 18.0. The maximum absolute atomic E-state index is 12.5. The highest BCUT2D eigenvalue weighted by Crippen LogP contribution is 2.36. The van der Waals surface area contributed by atoms with Crippen LogP contribution in [0.25, 0.3) is 0 Å². The highest BCUT2D eigenvalue weighted by molar-refractivity contribution is 5.81. The van der Waals surface area contributed by atoms with Gasteiger partial charge in [0.15, 0.2) is 0 Å². The molecule has 158 valence electrons. The lowest BCUT2D eigenvalue weighted by Crippen LogP contribution is -2.55. The third-order valence-electron chi connectivity index (χ3n) is 7.27. The number of amides is 1. The quantitative estimate of drug-likeness (QED) is 0.725. The second kappa shape index (κ2) is 8.43. The molecule has 1 aliphatic carbocycles. The largest absolute Gasteiger partial charge is 0.345 e. The Bertz CT molecular complexity index is 862. The van der Waals surface area contributed by atoms with Gasteiger partial charge in [-0.15, -0.1) is 0 Å². The highest BCUT2D eigenvalue weighted by atomic mass is 16.2. The van der Waals surface area contributed by atoms with Crippen molar-refractivity contribution in [2.75, 3.05) is 31.6 Å². The molecule has 2 heterocycles. The molecule has 3 aliphatic rings. The van der Waals surface area contributed by atoms with Gasteiger partial charge in [0.1, 0.15) is 0 Å². The molecule has 1 saturated carbocycles. The topological polar surface area (TPSA) is 26.8 Å². The van der Waals surface area contributed by atoms with E-state index in [0.29, 0.717) is 23.8 Å². The van der Waals surface area contributed by atoms with Crippen molar-refractivity contribution in [3.63, 3.8) is 0 Å². The number of anilines is 2. The summed E-state index contributed by atoms with van der Waals surface area (Å²) in [6, 6.07) is 20.2. The number of hydrogen-bond acceptors (Lipinski definition) is 3. The molecule has 0 aromatic heterocycles. The zero-order valence-electron chi connectivity index (χ0n) is 18.0. The Morgan fingerprint density at radius 3 is 2.40 bits per heavy atom. The molecule has 5 rings (SSSR count). The molecule has 0 spiro atoms. The second-order valence-corrected chi connectivity index (χ2v) is 9.35. The first kappa shape index (κ1) is 19.6. The number of carbonyl (C=O) groups excluding carboxylic acids is 1. The lowest BCUT2D eigenvalue weighted by atomic mass is 9.83.